The summed E-state index contributed by atoms with van der Waals surface area (Å²) in [6.07, 6.45) is 1.33. The molecule has 4 rings (SSSR count). The van der Waals surface area contributed by atoms with Crippen LogP contribution in [-0.4, -0.2) is 48.5 Å². The zero-order chi connectivity index (χ0) is 23.4. The van der Waals surface area contributed by atoms with Gasteiger partial charge in [-0.1, -0.05) is 54.0 Å². The number of sulfone groups is 1. The summed E-state index contributed by atoms with van der Waals surface area (Å²) in [5.41, 5.74) is 3.00. The van der Waals surface area contributed by atoms with Crippen LogP contribution in [0.4, 0.5) is 0 Å². The molecule has 0 radical (unpaired) electrons. The Morgan fingerprint density at radius 3 is 2.52 bits per heavy atom. The lowest BCUT2D eigenvalue weighted by atomic mass is 10.1. The molecule has 2 aromatic carbocycles. The number of carbonyl (C=O) groups excluding carboxylic acids is 1. The lowest BCUT2D eigenvalue weighted by Crippen LogP contribution is -2.40. The van der Waals surface area contributed by atoms with Crippen LogP contribution in [0.25, 0.3) is 11.3 Å². The minimum Gasteiger partial charge on any atom is -0.494 e. The van der Waals surface area contributed by atoms with Crippen LogP contribution in [0.3, 0.4) is 0 Å². The number of benzene rings is 2. The van der Waals surface area contributed by atoms with Gasteiger partial charge in [-0.2, -0.15) is 0 Å². The van der Waals surface area contributed by atoms with Crippen LogP contribution < -0.4 is 4.74 Å². The van der Waals surface area contributed by atoms with Gasteiger partial charge in [0, 0.05) is 24.2 Å². The maximum atomic E-state index is 13.4. The lowest BCUT2D eigenvalue weighted by molar-refractivity contribution is 0.0670. The average molecular weight is 469 g/mol. The van der Waals surface area contributed by atoms with E-state index in [1.54, 1.807) is 11.0 Å². The maximum absolute atomic E-state index is 13.4. The molecule has 1 amide bonds. The van der Waals surface area contributed by atoms with Crippen LogP contribution >= 0.6 is 0 Å². The summed E-state index contributed by atoms with van der Waals surface area (Å²) < 4.78 is 35.3. The van der Waals surface area contributed by atoms with Gasteiger partial charge >= 0.3 is 0 Å². The molecule has 7 nitrogen and oxygen atoms in total. The fourth-order valence-corrected chi connectivity index (χ4v) is 5.60. The number of ether oxygens (including phenoxy) is 1. The highest BCUT2D eigenvalue weighted by Gasteiger charge is 2.36. The van der Waals surface area contributed by atoms with Gasteiger partial charge in [0.2, 0.25) is 0 Å². The second-order valence-corrected chi connectivity index (χ2v) is 10.7. The molecule has 1 saturated heterocycles. The molecule has 0 spiro atoms. The minimum atomic E-state index is -3.17. The molecule has 0 aliphatic carbocycles. The molecule has 8 heteroatoms. The third kappa shape index (κ3) is 5.63. The molecule has 33 heavy (non-hydrogen) atoms. The summed E-state index contributed by atoms with van der Waals surface area (Å²) in [6, 6.07) is 16.5. The molecule has 0 bridgehead atoms. The summed E-state index contributed by atoms with van der Waals surface area (Å²) in [6.45, 7) is 4.95. The van der Waals surface area contributed by atoms with E-state index in [9.17, 15) is 13.2 Å². The van der Waals surface area contributed by atoms with Crippen LogP contribution in [0.2, 0.25) is 0 Å². The quantitative estimate of drug-likeness (QED) is 0.491. The first-order valence-corrected chi connectivity index (χ1v) is 12.9. The van der Waals surface area contributed by atoms with E-state index in [2.05, 4.69) is 5.16 Å². The Kier molecular flexibility index (Phi) is 6.83. The number of nitrogens with zero attached hydrogens (tertiary/aromatic N) is 2. The molecule has 0 N–H and O–H groups in total. The van der Waals surface area contributed by atoms with E-state index in [-0.39, 0.29) is 29.7 Å². The van der Waals surface area contributed by atoms with Crippen LogP contribution in [0, 0.1) is 6.92 Å². The van der Waals surface area contributed by atoms with Crippen molar-refractivity contribution in [3.05, 3.63) is 71.4 Å². The van der Waals surface area contributed by atoms with Crippen molar-refractivity contribution < 1.29 is 22.5 Å². The molecule has 2 heterocycles. The van der Waals surface area contributed by atoms with Gasteiger partial charge in [0.25, 0.3) is 5.91 Å². The zero-order valence-electron chi connectivity index (χ0n) is 18.9. The molecule has 1 unspecified atom stereocenters. The van der Waals surface area contributed by atoms with Crippen LogP contribution in [0.5, 0.6) is 5.75 Å². The van der Waals surface area contributed by atoms with E-state index in [1.165, 1.54) is 0 Å². The number of rotatable bonds is 8. The smallest absolute Gasteiger partial charge is 0.276 e. The van der Waals surface area contributed by atoms with E-state index >= 15 is 0 Å². The van der Waals surface area contributed by atoms with Crippen molar-refractivity contribution in [2.24, 2.45) is 0 Å². The molecule has 174 valence electrons. The SMILES string of the molecule is CCCOc1ccc(CN(C(=O)c2cc(-c3ccc(C)cc3)on2)C2CCS(=O)(=O)C2)cc1. The minimum absolute atomic E-state index is 0.0426. The summed E-state index contributed by atoms with van der Waals surface area (Å²) in [4.78, 5) is 15.0. The van der Waals surface area contributed by atoms with Crippen molar-refractivity contribution in [3.8, 4) is 17.1 Å². The van der Waals surface area contributed by atoms with Crippen molar-refractivity contribution >= 4 is 15.7 Å². The molecule has 1 fully saturated rings. The Labute approximate surface area is 194 Å². The predicted octanol–water partition coefficient (Wildman–Crippen LogP) is 4.27. The first-order valence-electron chi connectivity index (χ1n) is 11.1. The van der Waals surface area contributed by atoms with Crippen molar-refractivity contribution in [2.45, 2.75) is 39.3 Å². The summed E-state index contributed by atoms with van der Waals surface area (Å²) in [5.74, 6) is 0.957. The van der Waals surface area contributed by atoms with Crippen molar-refractivity contribution in [2.75, 3.05) is 18.1 Å². The Balaban J connectivity index is 1.57. The average Bonchev–Trinajstić information content (AvgIpc) is 3.43. The van der Waals surface area contributed by atoms with Crippen LogP contribution in [0.15, 0.2) is 59.1 Å². The fourth-order valence-electron chi connectivity index (χ4n) is 3.87. The third-order valence-electron chi connectivity index (χ3n) is 5.72. The second kappa shape index (κ2) is 9.79. The first kappa shape index (κ1) is 23.0. The maximum Gasteiger partial charge on any atom is 0.276 e. The Morgan fingerprint density at radius 2 is 1.88 bits per heavy atom. The van der Waals surface area contributed by atoms with E-state index in [4.69, 9.17) is 9.26 Å². The molecule has 0 saturated carbocycles. The molecule has 3 aromatic rings. The predicted molar refractivity (Wildman–Crippen MR) is 126 cm³/mol. The molecule has 1 atom stereocenters. The van der Waals surface area contributed by atoms with Gasteiger partial charge in [-0.05, 0) is 37.5 Å². The molecule has 1 aromatic heterocycles. The topological polar surface area (TPSA) is 89.7 Å². The third-order valence-corrected chi connectivity index (χ3v) is 7.47. The zero-order valence-corrected chi connectivity index (χ0v) is 19.7. The Bertz CT molecular complexity index is 1200. The summed E-state index contributed by atoms with van der Waals surface area (Å²) in [7, 11) is -3.17. The van der Waals surface area contributed by atoms with Gasteiger partial charge in [0.15, 0.2) is 21.3 Å². The number of amides is 1. The van der Waals surface area contributed by atoms with Crippen molar-refractivity contribution in [1.29, 1.82) is 0 Å². The van der Waals surface area contributed by atoms with Crippen LogP contribution in [0.1, 0.15) is 41.4 Å². The Morgan fingerprint density at radius 1 is 1.15 bits per heavy atom. The van der Waals surface area contributed by atoms with Gasteiger partial charge < -0.3 is 14.2 Å². The highest BCUT2D eigenvalue weighted by Crippen LogP contribution is 2.26. The first-order chi connectivity index (χ1) is 15.8. The van der Waals surface area contributed by atoms with E-state index < -0.39 is 15.9 Å². The Hall–Kier alpha value is -3.13. The van der Waals surface area contributed by atoms with Gasteiger partial charge in [0.1, 0.15) is 5.75 Å². The molecular formula is C25H28N2O5S. The van der Waals surface area contributed by atoms with Crippen molar-refractivity contribution in [3.63, 3.8) is 0 Å². The molecular weight excluding hydrogens is 440 g/mol. The van der Waals surface area contributed by atoms with Gasteiger partial charge in [0.05, 0.1) is 18.1 Å². The van der Waals surface area contributed by atoms with E-state index in [0.717, 1.165) is 28.9 Å². The summed E-state index contributed by atoms with van der Waals surface area (Å²) >= 11 is 0. The number of aromatic nitrogens is 1. The normalized spacial score (nSPS) is 17.1. The van der Waals surface area contributed by atoms with Gasteiger partial charge in [-0.3, -0.25) is 4.79 Å². The van der Waals surface area contributed by atoms with Gasteiger partial charge in [-0.15, -0.1) is 0 Å². The number of carbonyl (C=O) groups is 1. The van der Waals surface area contributed by atoms with E-state index in [0.29, 0.717) is 18.8 Å². The lowest BCUT2D eigenvalue weighted by Gasteiger charge is -2.27. The number of hydrogen-bond donors (Lipinski definition) is 0. The largest absolute Gasteiger partial charge is 0.494 e. The van der Waals surface area contributed by atoms with Crippen LogP contribution in [-0.2, 0) is 16.4 Å². The number of hydrogen-bond acceptors (Lipinski definition) is 6. The van der Waals surface area contributed by atoms with Crippen molar-refractivity contribution in [1.82, 2.24) is 10.1 Å². The van der Waals surface area contributed by atoms with E-state index in [1.807, 2.05) is 62.4 Å². The van der Waals surface area contributed by atoms with Gasteiger partial charge in [-0.25, -0.2) is 8.42 Å². The molecule has 1 aliphatic heterocycles. The summed E-state index contributed by atoms with van der Waals surface area (Å²) in [5, 5.41) is 4.00. The standard InChI is InChI=1S/C25H28N2O5S/c1-3-13-31-22-10-6-19(7-11-22)16-27(21-12-14-33(29,30)17-21)25(28)23-15-24(32-26-23)20-8-4-18(2)5-9-20/h4-11,15,21H,3,12-14,16-17H2,1-2H3. The fraction of sp³-hybridized carbons (Fsp3) is 0.360. The highest BCUT2D eigenvalue weighted by atomic mass is 32.2. The monoisotopic (exact) mass is 468 g/mol. The second-order valence-electron chi connectivity index (χ2n) is 8.42. The number of aryl methyl sites for hydroxylation is 1. The molecule has 1 aliphatic rings. The highest BCUT2D eigenvalue weighted by molar-refractivity contribution is 7.91.